The number of hydrogen-bond acceptors (Lipinski definition) is 0. The zero-order chi connectivity index (χ0) is 24.4. The van der Waals surface area contributed by atoms with Gasteiger partial charge < -0.3 is 6.42 Å². The van der Waals surface area contributed by atoms with Gasteiger partial charge in [0.15, 0.2) is 0 Å². The van der Waals surface area contributed by atoms with Crippen LogP contribution in [-0.4, -0.2) is 17.0 Å². The van der Waals surface area contributed by atoms with Gasteiger partial charge in [0.05, 0.1) is 0 Å². The molecule has 4 saturated carbocycles. The summed E-state index contributed by atoms with van der Waals surface area (Å²) in [6, 6.07) is 9.37. The molecule has 0 aliphatic heterocycles. The van der Waals surface area contributed by atoms with Crippen molar-refractivity contribution >= 4 is 7.92 Å². The predicted octanol–water partition coefficient (Wildman–Crippen LogP) is 10.5. The van der Waals surface area contributed by atoms with E-state index in [-0.39, 0.29) is 20.1 Å². The molecule has 5 radical (unpaired) electrons. The maximum Gasteiger partial charge on any atom is 0 e. The number of hydrogen-bond donors (Lipinski definition) is 0. The summed E-state index contributed by atoms with van der Waals surface area (Å²) in [4.78, 5) is 0. The van der Waals surface area contributed by atoms with E-state index in [2.05, 4.69) is 31.6 Å². The Labute approximate surface area is 240 Å². The maximum absolute atomic E-state index is 6.69. The summed E-state index contributed by atoms with van der Waals surface area (Å²) in [5, 5.41) is 0. The first-order valence-corrected chi connectivity index (χ1v) is 16.5. The van der Waals surface area contributed by atoms with Gasteiger partial charge in [-0.05, 0) is 107 Å². The average molecular weight is 682 g/mol. The summed E-state index contributed by atoms with van der Waals surface area (Å²) >= 11 is 0. The molecular formula is C34H50IrP-. The van der Waals surface area contributed by atoms with E-state index in [0.29, 0.717) is 7.92 Å². The molecule has 0 heterocycles. The van der Waals surface area contributed by atoms with Crippen LogP contribution in [0.25, 0.3) is 0 Å². The Bertz CT molecular complexity index is 595. The van der Waals surface area contributed by atoms with Crippen LogP contribution in [0, 0.1) is 38.0 Å². The second kappa shape index (κ2) is 20.8. The van der Waals surface area contributed by atoms with Gasteiger partial charge in [-0.2, -0.15) is 0 Å². The fourth-order valence-corrected chi connectivity index (χ4v) is 11.1. The van der Waals surface area contributed by atoms with Crippen LogP contribution in [0.5, 0.6) is 0 Å². The van der Waals surface area contributed by atoms with Crippen molar-refractivity contribution in [3.05, 3.63) is 68.0 Å². The SMILES string of the molecule is C1CCC(P(C2CCCCC2)C2CCCCC2)CC1.[C-]#Cc1ccccc1.[CH]1[CH]CC[CH][CH]CC1.[Ir]. The first kappa shape index (κ1) is 32.1. The molecule has 0 atom stereocenters. The zero-order valence-corrected chi connectivity index (χ0v) is 25.9. The average Bonchev–Trinajstić information content (AvgIpc) is 2.92. The van der Waals surface area contributed by atoms with Gasteiger partial charge in [0.2, 0.25) is 0 Å². The number of benzene rings is 1. The van der Waals surface area contributed by atoms with E-state index in [1.165, 1.54) is 61.9 Å². The zero-order valence-electron chi connectivity index (χ0n) is 22.6. The largest absolute Gasteiger partial charge is 0.366 e. The van der Waals surface area contributed by atoms with Crippen LogP contribution in [0.1, 0.15) is 128 Å². The molecule has 1 aromatic carbocycles. The second-order valence-corrected chi connectivity index (χ2v) is 14.0. The molecule has 4 fully saturated rings. The Morgan fingerprint density at radius 2 is 0.861 bits per heavy atom. The molecule has 0 saturated heterocycles. The maximum atomic E-state index is 6.69. The summed E-state index contributed by atoms with van der Waals surface area (Å²) in [6.07, 6.45) is 44.3. The van der Waals surface area contributed by atoms with E-state index < -0.39 is 0 Å². The van der Waals surface area contributed by atoms with Gasteiger partial charge in [0, 0.05) is 20.1 Å². The molecular weight excluding hydrogens is 632 g/mol. The fourth-order valence-electron chi connectivity index (χ4n) is 6.41. The summed E-state index contributed by atoms with van der Waals surface area (Å²) in [7, 11) is 0.385. The predicted molar refractivity (Wildman–Crippen MR) is 156 cm³/mol. The molecule has 4 aliphatic rings. The minimum absolute atomic E-state index is 0. The van der Waals surface area contributed by atoms with Gasteiger partial charge in [-0.25, -0.2) is 0 Å². The molecule has 0 aromatic heterocycles. The molecule has 201 valence electrons. The molecule has 0 nitrogen and oxygen atoms in total. The van der Waals surface area contributed by atoms with Crippen LogP contribution in [0.3, 0.4) is 0 Å². The second-order valence-electron chi connectivity index (χ2n) is 10.9. The van der Waals surface area contributed by atoms with Gasteiger partial charge >= 0.3 is 0 Å². The van der Waals surface area contributed by atoms with Crippen LogP contribution in [0.2, 0.25) is 0 Å². The molecule has 0 unspecified atom stereocenters. The molecule has 2 heteroatoms. The van der Waals surface area contributed by atoms with Gasteiger partial charge in [-0.1, -0.05) is 83.9 Å². The van der Waals surface area contributed by atoms with E-state index in [4.69, 9.17) is 6.42 Å². The molecule has 0 bridgehead atoms. The Morgan fingerprint density at radius 1 is 0.528 bits per heavy atom. The van der Waals surface area contributed by atoms with Gasteiger partial charge in [-0.3, -0.25) is 5.92 Å². The normalized spacial score (nSPS) is 22.3. The van der Waals surface area contributed by atoms with Crippen LogP contribution >= 0.6 is 7.92 Å². The first-order chi connectivity index (χ1) is 17.4. The summed E-state index contributed by atoms with van der Waals surface area (Å²) < 4.78 is 0. The Balaban J connectivity index is 0.000000223. The van der Waals surface area contributed by atoms with Gasteiger partial charge in [-0.15, -0.1) is 17.7 Å². The van der Waals surface area contributed by atoms with E-state index in [1.807, 2.05) is 30.3 Å². The van der Waals surface area contributed by atoms with Crippen molar-refractivity contribution in [3.8, 4) is 5.92 Å². The minimum atomic E-state index is 0. The van der Waals surface area contributed by atoms with Crippen LogP contribution in [0.4, 0.5) is 0 Å². The van der Waals surface area contributed by atoms with Gasteiger partial charge in [0.25, 0.3) is 0 Å². The molecule has 5 rings (SSSR count). The van der Waals surface area contributed by atoms with Crippen molar-refractivity contribution in [2.24, 2.45) is 0 Å². The third-order valence-corrected chi connectivity index (χ3v) is 12.3. The van der Waals surface area contributed by atoms with E-state index in [9.17, 15) is 0 Å². The van der Waals surface area contributed by atoms with Crippen molar-refractivity contribution in [1.29, 1.82) is 0 Å². The molecule has 0 amide bonds. The first-order valence-electron chi connectivity index (χ1n) is 14.9. The smallest absolute Gasteiger partial charge is 0 e. The third-order valence-electron chi connectivity index (χ3n) is 8.24. The van der Waals surface area contributed by atoms with Crippen molar-refractivity contribution < 1.29 is 20.1 Å². The quantitative estimate of drug-likeness (QED) is 0.169. The Hall–Kier alpha value is -0.141. The fraction of sp³-hybridized carbons (Fsp3) is 0.647. The van der Waals surface area contributed by atoms with Crippen molar-refractivity contribution in [3.63, 3.8) is 0 Å². The Kier molecular flexibility index (Phi) is 18.5. The molecule has 0 N–H and O–H groups in total. The van der Waals surface area contributed by atoms with E-state index in [0.717, 1.165) is 5.56 Å². The Morgan fingerprint density at radius 3 is 1.14 bits per heavy atom. The summed E-state index contributed by atoms with van der Waals surface area (Å²) in [5.41, 5.74) is 4.40. The van der Waals surface area contributed by atoms with E-state index in [1.54, 1.807) is 77.0 Å². The van der Waals surface area contributed by atoms with Crippen LogP contribution in [-0.2, 0) is 20.1 Å². The number of rotatable bonds is 3. The van der Waals surface area contributed by atoms with Crippen LogP contribution < -0.4 is 0 Å². The van der Waals surface area contributed by atoms with Crippen molar-refractivity contribution in [2.45, 2.75) is 139 Å². The molecule has 36 heavy (non-hydrogen) atoms. The molecule has 1 aromatic rings. The third kappa shape index (κ3) is 12.6. The minimum Gasteiger partial charge on any atom is -0.366 e. The topological polar surface area (TPSA) is 0 Å². The monoisotopic (exact) mass is 682 g/mol. The van der Waals surface area contributed by atoms with Gasteiger partial charge in [0.1, 0.15) is 0 Å². The molecule has 4 aliphatic carbocycles. The van der Waals surface area contributed by atoms with E-state index >= 15 is 0 Å². The molecule has 0 spiro atoms. The summed E-state index contributed by atoms with van der Waals surface area (Å²) in [5.74, 6) is 2.28. The van der Waals surface area contributed by atoms with Crippen molar-refractivity contribution in [2.75, 3.05) is 0 Å². The standard InChI is InChI=1S/C18H33P.C8H5.C8H12.Ir/c1-4-10-16(11-5-1)19(17-12-6-2-7-13-17)18-14-8-3-9-15-18;1-2-8-6-4-3-5-7-8;1-2-4-6-8-7-5-3-1;/h16-18H,1-15H2;3-7H;1-2,7-8H,3-6H2;/q;-1;;. The van der Waals surface area contributed by atoms with Crippen molar-refractivity contribution in [1.82, 2.24) is 0 Å². The van der Waals surface area contributed by atoms with Crippen LogP contribution in [0.15, 0.2) is 30.3 Å². The summed E-state index contributed by atoms with van der Waals surface area (Å²) in [6.45, 7) is 0.